The van der Waals surface area contributed by atoms with Crippen LogP contribution in [0.1, 0.15) is 37.9 Å². The standard InChI is InChI=1S/C11H19N3O2/c1-8(2)11-12-10(13-16-11)6-14-4-3-9(5-14)7-15/h8-9,15H,3-7H2,1-2H3. The summed E-state index contributed by atoms with van der Waals surface area (Å²) in [5.74, 6) is 2.15. The first kappa shape index (κ1) is 11.5. The highest BCUT2D eigenvalue weighted by atomic mass is 16.5. The van der Waals surface area contributed by atoms with Crippen LogP contribution in [0, 0.1) is 5.92 Å². The van der Waals surface area contributed by atoms with Gasteiger partial charge in [0.15, 0.2) is 5.82 Å². The number of aromatic nitrogens is 2. The van der Waals surface area contributed by atoms with Crippen LogP contribution in [0.5, 0.6) is 0 Å². The zero-order valence-electron chi connectivity index (χ0n) is 9.89. The Morgan fingerprint density at radius 3 is 2.94 bits per heavy atom. The molecule has 1 atom stereocenters. The first-order valence-corrected chi connectivity index (χ1v) is 5.84. The molecule has 1 fully saturated rings. The van der Waals surface area contributed by atoms with Crippen LogP contribution in [0.4, 0.5) is 0 Å². The number of aliphatic hydroxyl groups is 1. The van der Waals surface area contributed by atoms with E-state index in [1.807, 2.05) is 13.8 Å². The molecule has 1 aromatic heterocycles. The first-order chi connectivity index (χ1) is 7.69. The van der Waals surface area contributed by atoms with Gasteiger partial charge in [-0.15, -0.1) is 0 Å². The fraction of sp³-hybridized carbons (Fsp3) is 0.818. The highest BCUT2D eigenvalue weighted by Gasteiger charge is 2.23. The lowest BCUT2D eigenvalue weighted by Crippen LogP contribution is -2.21. The molecule has 0 amide bonds. The molecule has 0 saturated carbocycles. The van der Waals surface area contributed by atoms with Crippen molar-refractivity contribution in [3.05, 3.63) is 11.7 Å². The average molecular weight is 225 g/mol. The van der Waals surface area contributed by atoms with E-state index in [9.17, 15) is 0 Å². The van der Waals surface area contributed by atoms with Crippen LogP contribution < -0.4 is 0 Å². The average Bonchev–Trinajstić information content (AvgIpc) is 2.87. The summed E-state index contributed by atoms with van der Waals surface area (Å²) in [4.78, 5) is 6.60. The Bertz CT molecular complexity index is 338. The minimum Gasteiger partial charge on any atom is -0.396 e. The molecule has 1 aliphatic heterocycles. The van der Waals surface area contributed by atoms with Crippen molar-refractivity contribution in [2.75, 3.05) is 19.7 Å². The van der Waals surface area contributed by atoms with E-state index in [1.165, 1.54) is 0 Å². The van der Waals surface area contributed by atoms with Crippen LogP contribution in [0.2, 0.25) is 0 Å². The lowest BCUT2D eigenvalue weighted by atomic mass is 10.1. The zero-order chi connectivity index (χ0) is 11.5. The fourth-order valence-electron chi connectivity index (χ4n) is 1.97. The Hall–Kier alpha value is -0.940. The molecule has 1 saturated heterocycles. The summed E-state index contributed by atoms with van der Waals surface area (Å²) in [5.41, 5.74) is 0. The maximum Gasteiger partial charge on any atom is 0.229 e. The minimum absolute atomic E-state index is 0.278. The maximum absolute atomic E-state index is 9.05. The van der Waals surface area contributed by atoms with Crippen molar-refractivity contribution in [1.29, 1.82) is 0 Å². The van der Waals surface area contributed by atoms with Crippen molar-refractivity contribution in [1.82, 2.24) is 15.0 Å². The summed E-state index contributed by atoms with van der Waals surface area (Å²) < 4.78 is 5.15. The van der Waals surface area contributed by atoms with Crippen LogP contribution in [-0.4, -0.2) is 39.8 Å². The van der Waals surface area contributed by atoms with Gasteiger partial charge in [0.25, 0.3) is 0 Å². The molecule has 90 valence electrons. The number of hydrogen-bond donors (Lipinski definition) is 1. The molecule has 5 heteroatoms. The van der Waals surface area contributed by atoms with E-state index in [0.717, 1.165) is 31.9 Å². The molecule has 2 rings (SSSR count). The molecule has 1 aromatic rings. The summed E-state index contributed by atoms with van der Waals surface area (Å²) in [6.45, 7) is 7.02. The molecule has 0 aliphatic carbocycles. The van der Waals surface area contributed by atoms with Gasteiger partial charge in [-0.1, -0.05) is 19.0 Å². The van der Waals surface area contributed by atoms with Gasteiger partial charge in [0.1, 0.15) is 0 Å². The molecule has 16 heavy (non-hydrogen) atoms. The van der Waals surface area contributed by atoms with Crippen LogP contribution in [-0.2, 0) is 6.54 Å². The molecule has 1 unspecified atom stereocenters. The van der Waals surface area contributed by atoms with Gasteiger partial charge < -0.3 is 9.63 Å². The van der Waals surface area contributed by atoms with Crippen LogP contribution >= 0.6 is 0 Å². The molecule has 2 heterocycles. The van der Waals surface area contributed by atoms with E-state index >= 15 is 0 Å². The summed E-state index contributed by atoms with van der Waals surface area (Å²) in [7, 11) is 0. The van der Waals surface area contributed by atoms with Gasteiger partial charge in [0.05, 0.1) is 6.54 Å². The Morgan fingerprint density at radius 1 is 1.56 bits per heavy atom. The minimum atomic E-state index is 0.278. The van der Waals surface area contributed by atoms with Gasteiger partial charge in [-0.3, -0.25) is 4.90 Å². The van der Waals surface area contributed by atoms with E-state index in [1.54, 1.807) is 0 Å². The molecule has 1 aliphatic rings. The highest BCUT2D eigenvalue weighted by Crippen LogP contribution is 2.18. The third-order valence-corrected chi connectivity index (χ3v) is 2.97. The lowest BCUT2D eigenvalue weighted by Gasteiger charge is -2.12. The first-order valence-electron chi connectivity index (χ1n) is 5.84. The molecule has 0 bridgehead atoms. The normalized spacial score (nSPS) is 22.1. The largest absolute Gasteiger partial charge is 0.396 e. The second-order valence-corrected chi connectivity index (χ2v) is 4.78. The van der Waals surface area contributed by atoms with Gasteiger partial charge in [-0.05, 0) is 18.9 Å². The molecule has 0 spiro atoms. The summed E-state index contributed by atoms with van der Waals surface area (Å²) in [6.07, 6.45) is 1.06. The SMILES string of the molecule is CC(C)c1nc(CN2CCC(CO)C2)no1. The van der Waals surface area contributed by atoms with Gasteiger partial charge in [0, 0.05) is 19.1 Å². The van der Waals surface area contributed by atoms with E-state index in [4.69, 9.17) is 9.63 Å². The Kier molecular flexibility index (Phi) is 3.56. The van der Waals surface area contributed by atoms with Crippen molar-refractivity contribution < 1.29 is 9.63 Å². The van der Waals surface area contributed by atoms with E-state index < -0.39 is 0 Å². The van der Waals surface area contributed by atoms with E-state index in [-0.39, 0.29) is 12.5 Å². The predicted molar refractivity (Wildman–Crippen MR) is 58.9 cm³/mol. The van der Waals surface area contributed by atoms with Crippen molar-refractivity contribution in [3.8, 4) is 0 Å². The van der Waals surface area contributed by atoms with Crippen molar-refractivity contribution in [2.45, 2.75) is 32.7 Å². The van der Waals surface area contributed by atoms with Crippen LogP contribution in [0.25, 0.3) is 0 Å². The fourth-order valence-corrected chi connectivity index (χ4v) is 1.97. The predicted octanol–water partition coefficient (Wildman–Crippen LogP) is 1.01. The zero-order valence-corrected chi connectivity index (χ0v) is 9.89. The maximum atomic E-state index is 9.05. The molecule has 1 N–H and O–H groups in total. The van der Waals surface area contributed by atoms with Gasteiger partial charge in [0.2, 0.25) is 5.89 Å². The second kappa shape index (κ2) is 4.93. The molecular weight excluding hydrogens is 206 g/mol. The summed E-state index contributed by atoms with van der Waals surface area (Å²) in [6, 6.07) is 0. The Balaban J connectivity index is 1.89. The third-order valence-electron chi connectivity index (χ3n) is 2.97. The Morgan fingerprint density at radius 2 is 2.38 bits per heavy atom. The quantitative estimate of drug-likeness (QED) is 0.828. The topological polar surface area (TPSA) is 62.4 Å². The van der Waals surface area contributed by atoms with E-state index in [2.05, 4.69) is 15.0 Å². The van der Waals surface area contributed by atoms with Gasteiger partial charge >= 0.3 is 0 Å². The summed E-state index contributed by atoms with van der Waals surface area (Å²) in [5, 5.41) is 13.0. The Labute approximate surface area is 95.4 Å². The molecule has 0 radical (unpaired) electrons. The second-order valence-electron chi connectivity index (χ2n) is 4.78. The number of aliphatic hydroxyl groups excluding tert-OH is 1. The van der Waals surface area contributed by atoms with Crippen molar-refractivity contribution in [3.63, 3.8) is 0 Å². The molecular formula is C11H19N3O2. The van der Waals surface area contributed by atoms with Gasteiger partial charge in [-0.25, -0.2) is 0 Å². The van der Waals surface area contributed by atoms with E-state index in [0.29, 0.717) is 11.8 Å². The molecule has 0 aromatic carbocycles. The summed E-state index contributed by atoms with van der Waals surface area (Å²) >= 11 is 0. The van der Waals surface area contributed by atoms with Crippen LogP contribution in [0.3, 0.4) is 0 Å². The monoisotopic (exact) mass is 225 g/mol. The van der Waals surface area contributed by atoms with Gasteiger partial charge in [-0.2, -0.15) is 4.98 Å². The number of likely N-dealkylation sites (tertiary alicyclic amines) is 1. The highest BCUT2D eigenvalue weighted by molar-refractivity contribution is 4.91. The number of rotatable bonds is 4. The smallest absolute Gasteiger partial charge is 0.229 e. The molecule has 5 nitrogen and oxygen atoms in total. The van der Waals surface area contributed by atoms with Crippen molar-refractivity contribution in [2.24, 2.45) is 5.92 Å². The lowest BCUT2D eigenvalue weighted by molar-refractivity contribution is 0.218. The number of hydrogen-bond acceptors (Lipinski definition) is 5. The van der Waals surface area contributed by atoms with Crippen LogP contribution in [0.15, 0.2) is 4.52 Å². The van der Waals surface area contributed by atoms with Crippen molar-refractivity contribution >= 4 is 0 Å². The number of nitrogens with zero attached hydrogens (tertiary/aromatic N) is 3. The third kappa shape index (κ3) is 2.59.